The van der Waals surface area contributed by atoms with Crippen LogP contribution in [0.4, 0.5) is 0 Å². The quantitative estimate of drug-likeness (QED) is 0.507. The van der Waals surface area contributed by atoms with Crippen molar-refractivity contribution in [3.63, 3.8) is 0 Å². The number of unbranched alkanes of at least 4 members (excludes halogenated alkanes) is 5. The normalized spacial score (nSPS) is 10.0. The Kier molecular flexibility index (Phi) is 19.1. The molecule has 0 unspecified atom stereocenters. The SMILES string of the molecule is CC.CCCC(=O)NCCCCCCCCC(C)C. The molecule has 0 atom stereocenters. The van der Waals surface area contributed by atoms with Crippen LogP contribution in [-0.2, 0) is 4.79 Å². The van der Waals surface area contributed by atoms with Gasteiger partial charge in [-0.3, -0.25) is 4.79 Å². The van der Waals surface area contributed by atoms with Gasteiger partial charge in [-0.1, -0.05) is 73.1 Å². The van der Waals surface area contributed by atoms with Gasteiger partial charge >= 0.3 is 0 Å². The van der Waals surface area contributed by atoms with Crippen LogP contribution >= 0.6 is 0 Å². The average molecular weight is 271 g/mol. The third-order valence-electron chi connectivity index (χ3n) is 3.01. The molecule has 0 saturated heterocycles. The fraction of sp³-hybridized carbons (Fsp3) is 0.941. The lowest BCUT2D eigenvalue weighted by atomic mass is 10.0. The standard InChI is InChI=1S/C15H31NO.C2H6/c1-4-11-15(17)16-13-10-8-6-5-7-9-12-14(2)3;1-2/h14H,4-13H2,1-3H3,(H,16,17);1-2H3. The minimum Gasteiger partial charge on any atom is -0.356 e. The topological polar surface area (TPSA) is 29.1 Å². The first-order valence-electron chi connectivity index (χ1n) is 8.43. The number of carbonyl (C=O) groups excluding carboxylic acids is 1. The van der Waals surface area contributed by atoms with Crippen molar-refractivity contribution in [1.29, 1.82) is 0 Å². The molecule has 0 heterocycles. The second-order valence-electron chi connectivity index (χ2n) is 5.40. The summed E-state index contributed by atoms with van der Waals surface area (Å²) in [5, 5.41) is 2.96. The molecular weight excluding hydrogens is 234 g/mol. The highest BCUT2D eigenvalue weighted by molar-refractivity contribution is 5.75. The maximum atomic E-state index is 11.2. The number of hydrogen-bond donors (Lipinski definition) is 1. The van der Waals surface area contributed by atoms with Crippen molar-refractivity contribution in [3.05, 3.63) is 0 Å². The Morgan fingerprint density at radius 2 is 1.47 bits per heavy atom. The predicted molar refractivity (Wildman–Crippen MR) is 86.4 cm³/mol. The highest BCUT2D eigenvalue weighted by Crippen LogP contribution is 2.10. The van der Waals surface area contributed by atoms with Gasteiger partial charge < -0.3 is 5.32 Å². The molecule has 0 fully saturated rings. The summed E-state index contributed by atoms with van der Waals surface area (Å²) in [6.07, 6.45) is 10.8. The Labute approximate surface area is 121 Å². The molecule has 0 spiro atoms. The molecule has 0 saturated carbocycles. The van der Waals surface area contributed by atoms with E-state index in [0.29, 0.717) is 6.42 Å². The van der Waals surface area contributed by atoms with E-state index in [9.17, 15) is 4.79 Å². The van der Waals surface area contributed by atoms with Crippen LogP contribution in [0.1, 0.15) is 92.4 Å². The maximum Gasteiger partial charge on any atom is 0.219 e. The molecular formula is C17H37NO. The largest absolute Gasteiger partial charge is 0.356 e. The molecule has 116 valence electrons. The van der Waals surface area contributed by atoms with Gasteiger partial charge in [0.15, 0.2) is 0 Å². The van der Waals surface area contributed by atoms with E-state index in [-0.39, 0.29) is 5.91 Å². The molecule has 0 aromatic rings. The molecule has 0 aliphatic heterocycles. The molecule has 0 aromatic heterocycles. The molecule has 2 nitrogen and oxygen atoms in total. The van der Waals surface area contributed by atoms with Crippen LogP contribution in [0, 0.1) is 5.92 Å². The highest BCUT2D eigenvalue weighted by Gasteiger charge is 1.98. The van der Waals surface area contributed by atoms with Gasteiger partial charge in [0, 0.05) is 13.0 Å². The summed E-state index contributed by atoms with van der Waals surface area (Å²) < 4.78 is 0. The van der Waals surface area contributed by atoms with Crippen LogP contribution in [0.15, 0.2) is 0 Å². The van der Waals surface area contributed by atoms with Gasteiger partial charge in [0.05, 0.1) is 0 Å². The lowest BCUT2D eigenvalue weighted by molar-refractivity contribution is -0.121. The molecule has 0 bridgehead atoms. The minimum atomic E-state index is 0.212. The number of carbonyl (C=O) groups is 1. The van der Waals surface area contributed by atoms with Crippen LogP contribution < -0.4 is 5.32 Å². The molecule has 1 amide bonds. The first kappa shape index (κ1) is 20.8. The molecule has 1 N–H and O–H groups in total. The fourth-order valence-corrected chi connectivity index (χ4v) is 1.93. The third kappa shape index (κ3) is 20.0. The summed E-state index contributed by atoms with van der Waals surface area (Å²) in [7, 11) is 0. The average Bonchev–Trinajstić information content (AvgIpc) is 2.39. The first-order valence-corrected chi connectivity index (χ1v) is 8.43. The van der Waals surface area contributed by atoms with E-state index in [1.807, 2.05) is 20.8 Å². The van der Waals surface area contributed by atoms with Gasteiger partial charge in [-0.2, -0.15) is 0 Å². The van der Waals surface area contributed by atoms with Crippen LogP contribution in [0.5, 0.6) is 0 Å². The molecule has 0 aliphatic carbocycles. The van der Waals surface area contributed by atoms with Crippen LogP contribution in [0.2, 0.25) is 0 Å². The second-order valence-corrected chi connectivity index (χ2v) is 5.40. The number of nitrogens with one attached hydrogen (secondary N) is 1. The second kappa shape index (κ2) is 17.5. The van der Waals surface area contributed by atoms with Crippen molar-refractivity contribution in [1.82, 2.24) is 5.32 Å². The molecule has 0 aliphatic rings. The Hall–Kier alpha value is -0.530. The molecule has 0 radical (unpaired) electrons. The van der Waals surface area contributed by atoms with Gasteiger partial charge in [-0.05, 0) is 18.8 Å². The van der Waals surface area contributed by atoms with E-state index < -0.39 is 0 Å². The van der Waals surface area contributed by atoms with Crippen molar-refractivity contribution in [2.45, 2.75) is 92.4 Å². The van der Waals surface area contributed by atoms with E-state index in [2.05, 4.69) is 19.2 Å². The molecule has 0 rings (SSSR count). The van der Waals surface area contributed by atoms with Gasteiger partial charge in [0.2, 0.25) is 5.91 Å². The summed E-state index contributed by atoms with van der Waals surface area (Å²) in [6, 6.07) is 0. The van der Waals surface area contributed by atoms with Crippen molar-refractivity contribution in [2.24, 2.45) is 5.92 Å². The number of amides is 1. The zero-order valence-electron chi connectivity index (χ0n) is 14.1. The zero-order chi connectivity index (χ0) is 14.9. The highest BCUT2D eigenvalue weighted by atomic mass is 16.1. The van der Waals surface area contributed by atoms with E-state index >= 15 is 0 Å². The van der Waals surface area contributed by atoms with E-state index in [1.165, 1.54) is 38.5 Å². The summed E-state index contributed by atoms with van der Waals surface area (Å²) in [4.78, 5) is 11.2. The predicted octanol–water partition coefficient (Wildman–Crippen LogP) is 5.32. The smallest absolute Gasteiger partial charge is 0.219 e. The number of rotatable bonds is 11. The Balaban J connectivity index is 0. The van der Waals surface area contributed by atoms with Crippen molar-refractivity contribution in [2.75, 3.05) is 6.54 Å². The Morgan fingerprint density at radius 1 is 0.947 bits per heavy atom. The van der Waals surface area contributed by atoms with Crippen molar-refractivity contribution < 1.29 is 4.79 Å². The van der Waals surface area contributed by atoms with Crippen LogP contribution in [-0.4, -0.2) is 12.5 Å². The van der Waals surface area contributed by atoms with Crippen LogP contribution in [0.25, 0.3) is 0 Å². The van der Waals surface area contributed by atoms with Crippen molar-refractivity contribution >= 4 is 5.91 Å². The summed E-state index contributed by atoms with van der Waals surface area (Å²) in [5.74, 6) is 1.06. The minimum absolute atomic E-state index is 0.212. The van der Waals surface area contributed by atoms with E-state index in [4.69, 9.17) is 0 Å². The molecule has 19 heavy (non-hydrogen) atoms. The maximum absolute atomic E-state index is 11.2. The number of hydrogen-bond acceptors (Lipinski definition) is 1. The van der Waals surface area contributed by atoms with Gasteiger partial charge in [0.25, 0.3) is 0 Å². The Morgan fingerprint density at radius 3 is 2.00 bits per heavy atom. The third-order valence-corrected chi connectivity index (χ3v) is 3.01. The lowest BCUT2D eigenvalue weighted by Crippen LogP contribution is -2.23. The summed E-state index contributed by atoms with van der Waals surface area (Å²) in [5.41, 5.74) is 0. The van der Waals surface area contributed by atoms with Gasteiger partial charge in [0.1, 0.15) is 0 Å². The Bertz CT molecular complexity index is 178. The molecule has 2 heteroatoms. The first-order chi connectivity index (χ1) is 9.16. The fourth-order valence-electron chi connectivity index (χ4n) is 1.93. The monoisotopic (exact) mass is 271 g/mol. The van der Waals surface area contributed by atoms with E-state index in [0.717, 1.165) is 25.3 Å². The van der Waals surface area contributed by atoms with Crippen LogP contribution in [0.3, 0.4) is 0 Å². The van der Waals surface area contributed by atoms with Gasteiger partial charge in [-0.15, -0.1) is 0 Å². The van der Waals surface area contributed by atoms with Crippen molar-refractivity contribution in [3.8, 4) is 0 Å². The lowest BCUT2D eigenvalue weighted by Gasteiger charge is -2.05. The summed E-state index contributed by atoms with van der Waals surface area (Å²) >= 11 is 0. The van der Waals surface area contributed by atoms with E-state index in [1.54, 1.807) is 0 Å². The molecule has 0 aromatic carbocycles. The van der Waals surface area contributed by atoms with Gasteiger partial charge in [-0.25, -0.2) is 0 Å². The summed E-state index contributed by atoms with van der Waals surface area (Å²) in [6.45, 7) is 11.5. The zero-order valence-corrected chi connectivity index (χ0v) is 14.1.